The molecule has 0 unspecified atom stereocenters. The van der Waals surface area contributed by atoms with Gasteiger partial charge in [-0.1, -0.05) is 0 Å². The molecule has 3 N–H and O–H groups in total. The van der Waals surface area contributed by atoms with E-state index in [9.17, 15) is 4.79 Å². The van der Waals surface area contributed by atoms with Gasteiger partial charge in [0.15, 0.2) is 0 Å². The lowest BCUT2D eigenvalue weighted by molar-refractivity contribution is -0.132. The summed E-state index contributed by atoms with van der Waals surface area (Å²) in [7, 11) is 1.63. The highest BCUT2D eigenvalue weighted by atomic mass is 16.5. The topological polar surface area (TPSA) is 82.4 Å². The number of hydrogen-bond donors (Lipinski definition) is 3. The van der Waals surface area contributed by atoms with Gasteiger partial charge in [0.1, 0.15) is 0 Å². The minimum absolute atomic E-state index is 0.00875. The average molecular weight is 212 g/mol. The Morgan fingerprint density at radius 2 is 2.13 bits per heavy atom. The summed E-state index contributed by atoms with van der Waals surface area (Å²) in [6, 6.07) is 0. The number of aliphatic carboxylic acids is 1. The molecule has 1 heterocycles. The van der Waals surface area contributed by atoms with Crippen LogP contribution in [0.2, 0.25) is 0 Å². The van der Waals surface area contributed by atoms with Crippen molar-refractivity contribution in [3.05, 3.63) is 11.8 Å². The zero-order valence-corrected chi connectivity index (χ0v) is 8.75. The quantitative estimate of drug-likeness (QED) is 0.471. The molecule has 15 heavy (non-hydrogen) atoms. The molecule has 1 rings (SSSR count). The Morgan fingerprint density at radius 3 is 2.60 bits per heavy atom. The molecule has 1 saturated heterocycles. The van der Waals surface area contributed by atoms with Gasteiger partial charge in [0.25, 0.3) is 0 Å². The lowest BCUT2D eigenvalue weighted by Gasteiger charge is -2.22. The third-order valence-corrected chi connectivity index (χ3v) is 2.44. The van der Waals surface area contributed by atoms with Crippen molar-refractivity contribution >= 4 is 11.7 Å². The van der Waals surface area contributed by atoms with Gasteiger partial charge in [-0.05, 0) is 12.8 Å². The van der Waals surface area contributed by atoms with E-state index in [4.69, 9.17) is 15.3 Å². The zero-order valence-electron chi connectivity index (χ0n) is 8.75. The number of carboxylic acids is 1. The lowest BCUT2D eigenvalue weighted by atomic mass is 9.90. The summed E-state index contributed by atoms with van der Waals surface area (Å²) in [5, 5.41) is 19.4. The first-order chi connectivity index (χ1) is 7.16. The molecule has 0 spiro atoms. The fraction of sp³-hybridized carbons (Fsp3) is 0.600. The summed E-state index contributed by atoms with van der Waals surface area (Å²) in [4.78, 5) is 10.9. The van der Waals surface area contributed by atoms with Crippen molar-refractivity contribution in [2.45, 2.75) is 12.8 Å². The Morgan fingerprint density at radius 1 is 1.53 bits per heavy atom. The van der Waals surface area contributed by atoms with Crippen molar-refractivity contribution in [2.24, 2.45) is 5.92 Å². The van der Waals surface area contributed by atoms with E-state index in [0.29, 0.717) is 13.2 Å². The van der Waals surface area contributed by atoms with Crippen LogP contribution in [-0.2, 0) is 9.53 Å². The van der Waals surface area contributed by atoms with Crippen LogP contribution in [0.4, 0.5) is 0 Å². The molecule has 0 saturated carbocycles. The molecular weight excluding hydrogens is 196 g/mol. The standard InChI is InChI=1S/C10H16N2O3/c1-12-6-8(10(13)14)9(11)7-2-4-15-5-3-7/h6-7,11-12H,2-5H2,1H3,(H,13,14)/b8-6+,11-9?. The van der Waals surface area contributed by atoms with Crippen molar-refractivity contribution in [3.8, 4) is 0 Å². The van der Waals surface area contributed by atoms with Crippen LogP contribution >= 0.6 is 0 Å². The van der Waals surface area contributed by atoms with Crippen molar-refractivity contribution in [1.82, 2.24) is 5.32 Å². The Kier molecular flexibility index (Phi) is 4.30. The van der Waals surface area contributed by atoms with Gasteiger partial charge < -0.3 is 20.6 Å². The van der Waals surface area contributed by atoms with E-state index in [0.717, 1.165) is 12.8 Å². The maximum Gasteiger partial charge on any atom is 0.339 e. The summed E-state index contributed by atoms with van der Waals surface area (Å²) in [6.45, 7) is 1.22. The van der Waals surface area contributed by atoms with Crippen LogP contribution in [0.5, 0.6) is 0 Å². The molecule has 0 atom stereocenters. The Labute approximate surface area is 88.6 Å². The maximum atomic E-state index is 10.9. The van der Waals surface area contributed by atoms with E-state index in [1.165, 1.54) is 6.20 Å². The molecule has 0 aromatic rings. The minimum atomic E-state index is -1.05. The highest BCUT2D eigenvalue weighted by Gasteiger charge is 2.24. The first kappa shape index (κ1) is 11.7. The molecule has 0 bridgehead atoms. The van der Waals surface area contributed by atoms with E-state index >= 15 is 0 Å². The summed E-state index contributed by atoms with van der Waals surface area (Å²) in [6.07, 6.45) is 2.82. The molecule has 0 aromatic carbocycles. The summed E-state index contributed by atoms with van der Waals surface area (Å²) in [5.74, 6) is -1.05. The number of carbonyl (C=O) groups is 1. The van der Waals surface area contributed by atoms with Crippen LogP contribution in [0.25, 0.3) is 0 Å². The molecule has 1 aliphatic heterocycles. The van der Waals surface area contributed by atoms with Crippen LogP contribution in [0.3, 0.4) is 0 Å². The van der Waals surface area contributed by atoms with Crippen LogP contribution in [0.15, 0.2) is 11.8 Å². The third kappa shape index (κ3) is 3.06. The largest absolute Gasteiger partial charge is 0.478 e. The average Bonchev–Trinajstić information content (AvgIpc) is 2.26. The maximum absolute atomic E-state index is 10.9. The molecule has 0 amide bonds. The first-order valence-electron chi connectivity index (χ1n) is 4.94. The van der Waals surface area contributed by atoms with Gasteiger partial charge in [-0.25, -0.2) is 4.79 Å². The van der Waals surface area contributed by atoms with Crippen LogP contribution in [0, 0.1) is 11.3 Å². The number of rotatable bonds is 4. The molecule has 5 heteroatoms. The molecule has 1 aliphatic rings. The Balaban J connectivity index is 2.71. The zero-order chi connectivity index (χ0) is 11.3. The highest BCUT2D eigenvalue weighted by molar-refractivity contribution is 6.18. The molecule has 0 aliphatic carbocycles. The second-order valence-corrected chi connectivity index (χ2v) is 3.45. The van der Waals surface area contributed by atoms with E-state index in [2.05, 4.69) is 5.32 Å². The number of nitrogens with one attached hydrogen (secondary N) is 2. The van der Waals surface area contributed by atoms with Crippen molar-refractivity contribution in [1.29, 1.82) is 5.41 Å². The summed E-state index contributed by atoms with van der Waals surface area (Å²) >= 11 is 0. The van der Waals surface area contributed by atoms with Gasteiger partial charge in [0.2, 0.25) is 0 Å². The van der Waals surface area contributed by atoms with Crippen molar-refractivity contribution in [2.75, 3.05) is 20.3 Å². The fourth-order valence-corrected chi connectivity index (χ4v) is 1.61. The van der Waals surface area contributed by atoms with Crippen LogP contribution < -0.4 is 5.32 Å². The van der Waals surface area contributed by atoms with Gasteiger partial charge in [-0.2, -0.15) is 0 Å². The van der Waals surface area contributed by atoms with E-state index in [1.807, 2.05) is 0 Å². The second kappa shape index (κ2) is 5.50. The van der Waals surface area contributed by atoms with Crippen LogP contribution in [0.1, 0.15) is 12.8 Å². The normalized spacial score (nSPS) is 18.6. The number of carboxylic acid groups (broad SMARTS) is 1. The first-order valence-corrected chi connectivity index (χ1v) is 4.94. The van der Waals surface area contributed by atoms with Gasteiger partial charge in [-0.15, -0.1) is 0 Å². The van der Waals surface area contributed by atoms with Gasteiger partial charge in [-0.3, -0.25) is 0 Å². The van der Waals surface area contributed by atoms with E-state index in [-0.39, 0.29) is 17.2 Å². The molecule has 1 fully saturated rings. The van der Waals surface area contributed by atoms with Crippen molar-refractivity contribution in [3.63, 3.8) is 0 Å². The second-order valence-electron chi connectivity index (χ2n) is 3.45. The molecule has 5 nitrogen and oxygen atoms in total. The highest BCUT2D eigenvalue weighted by Crippen LogP contribution is 2.19. The predicted octanol–water partition coefficient (Wildman–Crippen LogP) is 0.621. The lowest BCUT2D eigenvalue weighted by Crippen LogP contribution is -2.27. The number of hydrogen-bond acceptors (Lipinski definition) is 4. The molecule has 84 valence electrons. The fourth-order valence-electron chi connectivity index (χ4n) is 1.61. The van der Waals surface area contributed by atoms with E-state index in [1.54, 1.807) is 7.05 Å². The van der Waals surface area contributed by atoms with E-state index < -0.39 is 5.97 Å². The van der Waals surface area contributed by atoms with Gasteiger partial charge >= 0.3 is 5.97 Å². The minimum Gasteiger partial charge on any atom is -0.478 e. The monoisotopic (exact) mass is 212 g/mol. The van der Waals surface area contributed by atoms with Crippen LogP contribution in [-0.4, -0.2) is 37.0 Å². The van der Waals surface area contributed by atoms with Crippen molar-refractivity contribution < 1.29 is 14.6 Å². The summed E-state index contributed by atoms with van der Waals surface area (Å²) < 4.78 is 5.17. The number of ether oxygens (including phenoxy) is 1. The Hall–Kier alpha value is -1.36. The smallest absolute Gasteiger partial charge is 0.339 e. The molecule has 0 aromatic heterocycles. The molecule has 0 radical (unpaired) electrons. The predicted molar refractivity (Wildman–Crippen MR) is 56.0 cm³/mol. The summed E-state index contributed by atoms with van der Waals surface area (Å²) in [5.41, 5.74) is 0.240. The Bertz CT molecular complexity index is 280. The third-order valence-electron chi connectivity index (χ3n) is 2.44. The van der Waals surface area contributed by atoms with Gasteiger partial charge in [0, 0.05) is 32.4 Å². The molecular formula is C10H16N2O3. The SMILES string of the molecule is CN/C=C(\C(=N)C1CCOCC1)C(=O)O. The van der Waals surface area contributed by atoms with Gasteiger partial charge in [0.05, 0.1) is 11.3 Å².